The zero-order valence-electron chi connectivity index (χ0n) is 20.2. The Balaban J connectivity index is 1.42. The van der Waals surface area contributed by atoms with E-state index in [1.165, 1.54) is 9.21 Å². The number of carbonyl (C=O) groups is 2. The number of hydroxylamine groups is 1. The lowest BCUT2D eigenvalue weighted by Gasteiger charge is -2.40. The van der Waals surface area contributed by atoms with Gasteiger partial charge in [-0.2, -0.15) is 4.31 Å². The number of hydrogen-bond donors (Lipinski definition) is 2. The van der Waals surface area contributed by atoms with Gasteiger partial charge in [-0.1, -0.05) is 23.7 Å². The largest absolute Gasteiger partial charge is 0.444 e. The van der Waals surface area contributed by atoms with E-state index in [-0.39, 0.29) is 45.1 Å². The number of sulfonamides is 1. The smallest absolute Gasteiger partial charge is 0.410 e. The van der Waals surface area contributed by atoms with Crippen LogP contribution in [0.3, 0.4) is 0 Å². The first-order valence-corrected chi connectivity index (χ1v) is 14.0. The van der Waals surface area contributed by atoms with E-state index in [4.69, 9.17) is 21.1 Å². The Labute approximate surface area is 216 Å². The molecule has 3 heterocycles. The van der Waals surface area contributed by atoms with E-state index in [0.29, 0.717) is 31.1 Å². The van der Waals surface area contributed by atoms with Crippen molar-refractivity contribution in [1.29, 1.82) is 0 Å². The molecule has 3 aliphatic rings. The Morgan fingerprint density at radius 2 is 2.03 bits per heavy atom. The molecule has 0 saturated carbocycles. The molecule has 1 unspecified atom stereocenters. The van der Waals surface area contributed by atoms with Gasteiger partial charge in [0.05, 0.1) is 24.4 Å². The lowest BCUT2D eigenvalue weighted by molar-refractivity contribution is -0.141. The molecule has 2 amide bonds. The molecule has 3 aliphatic heterocycles. The molecule has 198 valence electrons. The summed E-state index contributed by atoms with van der Waals surface area (Å²) in [5.74, 6) is -1.21. The highest BCUT2D eigenvalue weighted by molar-refractivity contribution is 7.89. The predicted octanol–water partition coefficient (Wildman–Crippen LogP) is 2.58. The number of benzene rings is 1. The van der Waals surface area contributed by atoms with Gasteiger partial charge in [0.25, 0.3) is 5.91 Å². The van der Waals surface area contributed by atoms with Crippen molar-refractivity contribution >= 4 is 39.2 Å². The van der Waals surface area contributed by atoms with Crippen LogP contribution in [0.1, 0.15) is 36.8 Å². The molecule has 0 radical (unpaired) electrons. The van der Waals surface area contributed by atoms with E-state index in [1.807, 2.05) is 31.2 Å². The van der Waals surface area contributed by atoms with Crippen LogP contribution in [0, 0.1) is 12.3 Å². The number of amides is 2. The summed E-state index contributed by atoms with van der Waals surface area (Å²) >= 11 is 6.15. The van der Waals surface area contributed by atoms with Crippen molar-refractivity contribution in [2.75, 3.05) is 45.1 Å². The van der Waals surface area contributed by atoms with Crippen molar-refractivity contribution in [1.82, 2.24) is 14.7 Å². The Bertz CT molecular complexity index is 1130. The highest BCUT2D eigenvalue weighted by Gasteiger charge is 2.47. The van der Waals surface area contributed by atoms with Gasteiger partial charge in [0.15, 0.2) is 0 Å². The Morgan fingerprint density at radius 3 is 2.64 bits per heavy atom. The zero-order chi connectivity index (χ0) is 25.9. The highest BCUT2D eigenvalue weighted by atomic mass is 35.5. The number of rotatable bonds is 6. The van der Waals surface area contributed by atoms with Gasteiger partial charge in [-0.25, -0.2) is 18.7 Å². The number of ether oxygens (including phenoxy) is 2. The third-order valence-corrected chi connectivity index (χ3v) is 9.56. The van der Waals surface area contributed by atoms with Crippen molar-refractivity contribution in [3.05, 3.63) is 40.4 Å². The number of piperidine rings is 1. The topological polar surface area (TPSA) is 125 Å². The van der Waals surface area contributed by atoms with Gasteiger partial charge in [-0.05, 0) is 55.0 Å². The van der Waals surface area contributed by atoms with Crippen LogP contribution in [0.15, 0.2) is 24.3 Å². The van der Waals surface area contributed by atoms with E-state index < -0.39 is 33.2 Å². The fraction of sp³-hybridized carbons (Fsp3) is 0.583. The first-order chi connectivity index (χ1) is 17.1. The number of halogens is 1. The predicted molar refractivity (Wildman–Crippen MR) is 133 cm³/mol. The maximum absolute atomic E-state index is 13.4. The number of aryl methyl sites for hydroxylation is 1. The number of carbonyl (C=O) groups excluding carboxylic acids is 2. The van der Waals surface area contributed by atoms with E-state index in [2.05, 4.69) is 0 Å². The molecule has 2 N–H and O–H groups in total. The van der Waals surface area contributed by atoms with Gasteiger partial charge in [0, 0.05) is 37.6 Å². The first kappa shape index (κ1) is 26.9. The van der Waals surface area contributed by atoms with Crippen LogP contribution >= 0.6 is 11.6 Å². The molecule has 0 bridgehead atoms. The molecule has 4 rings (SSSR count). The zero-order valence-corrected chi connectivity index (χ0v) is 21.8. The number of nitrogens with one attached hydrogen (secondary N) is 1. The van der Waals surface area contributed by atoms with Gasteiger partial charge in [0.2, 0.25) is 10.0 Å². The summed E-state index contributed by atoms with van der Waals surface area (Å²) in [5, 5.41) is 10.0. The second-order valence-electron chi connectivity index (χ2n) is 9.63. The normalized spacial score (nSPS) is 22.7. The average Bonchev–Trinajstić information content (AvgIpc) is 3.38. The van der Waals surface area contributed by atoms with Crippen LogP contribution in [-0.2, 0) is 24.3 Å². The van der Waals surface area contributed by atoms with Gasteiger partial charge < -0.3 is 14.4 Å². The van der Waals surface area contributed by atoms with Crippen molar-refractivity contribution in [2.45, 2.75) is 38.7 Å². The van der Waals surface area contributed by atoms with Crippen LogP contribution in [0.25, 0.3) is 5.57 Å². The summed E-state index contributed by atoms with van der Waals surface area (Å²) in [6.07, 6.45) is 2.41. The fourth-order valence-electron chi connectivity index (χ4n) is 5.02. The third kappa shape index (κ3) is 5.86. The summed E-state index contributed by atoms with van der Waals surface area (Å²) in [5.41, 5.74) is 3.39. The van der Waals surface area contributed by atoms with E-state index in [9.17, 15) is 23.2 Å². The second kappa shape index (κ2) is 11.1. The van der Waals surface area contributed by atoms with Crippen molar-refractivity contribution < 1.29 is 32.7 Å². The Hall–Kier alpha value is -2.18. The highest BCUT2D eigenvalue weighted by Crippen LogP contribution is 2.36. The average molecular weight is 542 g/mol. The van der Waals surface area contributed by atoms with E-state index in [0.717, 1.165) is 16.7 Å². The number of likely N-dealkylation sites (tertiary alicyclic amines) is 1. The third-order valence-electron chi connectivity index (χ3n) is 7.29. The van der Waals surface area contributed by atoms with Crippen molar-refractivity contribution in [3.8, 4) is 0 Å². The maximum Gasteiger partial charge on any atom is 0.410 e. The maximum atomic E-state index is 13.4. The lowest BCUT2D eigenvalue weighted by atomic mass is 9.79. The molecule has 2 saturated heterocycles. The summed E-state index contributed by atoms with van der Waals surface area (Å²) in [6, 6.07) is 5.63. The SMILES string of the molecule is Cc1ccc(Cl)cc1C1=CCN(S(=O)(=O)CC2(C(=O)NO)CCN(C(=O)OC3CCOC3)CC2)CC1. The summed E-state index contributed by atoms with van der Waals surface area (Å²) < 4.78 is 38.8. The Kier molecular flexibility index (Phi) is 8.25. The van der Waals surface area contributed by atoms with E-state index >= 15 is 0 Å². The molecule has 10 nitrogen and oxygen atoms in total. The second-order valence-corrected chi connectivity index (χ2v) is 12.0. The van der Waals surface area contributed by atoms with E-state index in [1.54, 1.807) is 5.48 Å². The standard InChI is InChI=1S/C24H32ClN3O7S/c1-17-2-3-19(25)14-21(17)18-4-9-28(10-5-18)36(32,33)16-24(22(29)26-31)7-11-27(12-8-24)23(30)35-20-6-13-34-15-20/h2-4,14,20,31H,5-13,15-16H2,1H3,(H,26,29). The minimum Gasteiger partial charge on any atom is -0.444 e. The van der Waals surface area contributed by atoms with Crippen LogP contribution in [0.5, 0.6) is 0 Å². The molecule has 2 fully saturated rings. The first-order valence-electron chi connectivity index (χ1n) is 12.0. The molecule has 1 aromatic carbocycles. The van der Waals surface area contributed by atoms with Crippen LogP contribution in [-0.4, -0.2) is 86.1 Å². The minimum atomic E-state index is -3.84. The van der Waals surface area contributed by atoms with Crippen molar-refractivity contribution in [3.63, 3.8) is 0 Å². The molecule has 1 aromatic rings. The molecular weight excluding hydrogens is 510 g/mol. The molecule has 0 spiro atoms. The number of hydrogen-bond acceptors (Lipinski definition) is 7. The van der Waals surface area contributed by atoms with Crippen molar-refractivity contribution in [2.24, 2.45) is 5.41 Å². The fourth-order valence-corrected chi connectivity index (χ4v) is 7.17. The molecule has 1 atom stereocenters. The van der Waals surface area contributed by atoms with Gasteiger partial charge >= 0.3 is 6.09 Å². The van der Waals surface area contributed by atoms with Crippen LogP contribution < -0.4 is 5.48 Å². The number of nitrogens with zero attached hydrogens (tertiary/aromatic N) is 2. The minimum absolute atomic E-state index is 0.0888. The van der Waals surface area contributed by atoms with Gasteiger partial charge in [-0.3, -0.25) is 10.0 Å². The molecule has 36 heavy (non-hydrogen) atoms. The molecular formula is C24H32ClN3O7S. The Morgan fingerprint density at radius 1 is 1.28 bits per heavy atom. The summed E-state index contributed by atoms with van der Waals surface area (Å²) in [7, 11) is -3.84. The van der Waals surface area contributed by atoms with Gasteiger partial charge in [0.1, 0.15) is 6.10 Å². The van der Waals surface area contributed by atoms with Crippen LogP contribution in [0.4, 0.5) is 4.79 Å². The quantitative estimate of drug-likeness (QED) is 0.419. The lowest BCUT2D eigenvalue weighted by Crippen LogP contribution is -2.54. The van der Waals surface area contributed by atoms with Gasteiger partial charge in [-0.15, -0.1) is 0 Å². The molecule has 0 aromatic heterocycles. The summed E-state index contributed by atoms with van der Waals surface area (Å²) in [6.45, 7) is 3.64. The molecule has 12 heteroatoms. The summed E-state index contributed by atoms with van der Waals surface area (Å²) in [4.78, 5) is 26.6. The van der Waals surface area contributed by atoms with Crippen LogP contribution in [0.2, 0.25) is 5.02 Å². The monoisotopic (exact) mass is 541 g/mol. The molecule has 0 aliphatic carbocycles.